The molecule has 0 fully saturated rings. The minimum Gasteiger partial charge on any atom is -0.300 e. The highest BCUT2D eigenvalue weighted by Gasteiger charge is 2.03. The van der Waals surface area contributed by atoms with E-state index < -0.39 is 0 Å². The van der Waals surface area contributed by atoms with Crippen molar-refractivity contribution in [2.24, 2.45) is 0 Å². The van der Waals surface area contributed by atoms with E-state index in [9.17, 15) is 4.79 Å². The number of anilines is 1. The maximum absolute atomic E-state index is 10.4. The van der Waals surface area contributed by atoms with E-state index in [1.54, 1.807) is 0 Å². The first-order valence-electron chi connectivity index (χ1n) is 4.28. The Bertz CT molecular complexity index is 248. The van der Waals surface area contributed by atoms with Gasteiger partial charge < -0.3 is 4.79 Å². The molecule has 0 saturated carbocycles. The SMILES string of the molecule is CC[C@@H](C=O)ONc1ccccc1. The molecule has 0 spiro atoms. The summed E-state index contributed by atoms with van der Waals surface area (Å²) < 4.78 is 0. The highest BCUT2D eigenvalue weighted by Crippen LogP contribution is 2.06. The lowest BCUT2D eigenvalue weighted by atomic mass is 10.3. The Kier molecular flexibility index (Phi) is 3.99. The van der Waals surface area contributed by atoms with E-state index in [0.29, 0.717) is 6.42 Å². The van der Waals surface area contributed by atoms with E-state index in [4.69, 9.17) is 4.84 Å². The van der Waals surface area contributed by atoms with Gasteiger partial charge in [-0.25, -0.2) is 0 Å². The van der Waals surface area contributed by atoms with Crippen LogP contribution in [0.5, 0.6) is 0 Å². The van der Waals surface area contributed by atoms with E-state index in [-0.39, 0.29) is 6.10 Å². The summed E-state index contributed by atoms with van der Waals surface area (Å²) in [5.74, 6) is 0. The van der Waals surface area contributed by atoms with Gasteiger partial charge in [-0.05, 0) is 18.6 Å². The molecule has 0 radical (unpaired) electrons. The Morgan fingerprint density at radius 2 is 2.15 bits per heavy atom. The van der Waals surface area contributed by atoms with Crippen LogP contribution >= 0.6 is 0 Å². The van der Waals surface area contributed by atoms with Gasteiger partial charge >= 0.3 is 0 Å². The Balaban J connectivity index is 2.38. The van der Waals surface area contributed by atoms with Crippen LogP contribution in [0.1, 0.15) is 13.3 Å². The zero-order valence-electron chi connectivity index (χ0n) is 7.57. The zero-order valence-corrected chi connectivity index (χ0v) is 7.57. The highest BCUT2D eigenvalue weighted by atomic mass is 16.7. The molecule has 0 aliphatic rings. The Morgan fingerprint density at radius 1 is 1.46 bits per heavy atom. The number of carbonyl (C=O) groups excluding carboxylic acids is 1. The lowest BCUT2D eigenvalue weighted by Crippen LogP contribution is -2.17. The maximum atomic E-state index is 10.4. The van der Waals surface area contributed by atoms with Gasteiger partial charge in [0, 0.05) is 0 Å². The predicted octanol–water partition coefficient (Wildman–Crippen LogP) is 2.01. The van der Waals surface area contributed by atoms with Crippen LogP contribution in [0.15, 0.2) is 30.3 Å². The fourth-order valence-corrected chi connectivity index (χ4v) is 0.857. The lowest BCUT2D eigenvalue weighted by molar-refractivity contribution is -0.116. The number of nitrogens with one attached hydrogen (secondary N) is 1. The molecule has 0 aliphatic carbocycles. The van der Waals surface area contributed by atoms with Crippen molar-refractivity contribution in [1.82, 2.24) is 0 Å². The standard InChI is InChI=1S/C10H13NO2/c1-2-10(8-12)13-11-9-6-4-3-5-7-9/h3-8,10-11H,2H2,1H3/t10-/m0/s1. The summed E-state index contributed by atoms with van der Waals surface area (Å²) in [5, 5.41) is 0. The average Bonchev–Trinajstić information content (AvgIpc) is 2.21. The quantitative estimate of drug-likeness (QED) is 0.555. The van der Waals surface area contributed by atoms with E-state index in [1.165, 1.54) is 0 Å². The number of aldehydes is 1. The third kappa shape index (κ3) is 3.25. The van der Waals surface area contributed by atoms with Crippen molar-refractivity contribution in [1.29, 1.82) is 0 Å². The molecule has 0 bridgehead atoms. The molecule has 1 atom stereocenters. The molecule has 0 aliphatic heterocycles. The first-order valence-corrected chi connectivity index (χ1v) is 4.28. The topological polar surface area (TPSA) is 38.3 Å². The molecule has 70 valence electrons. The number of hydrogen-bond acceptors (Lipinski definition) is 3. The molecule has 1 rings (SSSR count). The predicted molar refractivity (Wildman–Crippen MR) is 51.3 cm³/mol. The third-order valence-corrected chi connectivity index (χ3v) is 1.66. The van der Waals surface area contributed by atoms with Gasteiger partial charge in [0.05, 0.1) is 5.69 Å². The summed E-state index contributed by atoms with van der Waals surface area (Å²) in [6, 6.07) is 9.46. The number of carbonyl (C=O) groups is 1. The number of benzene rings is 1. The summed E-state index contributed by atoms with van der Waals surface area (Å²) in [4.78, 5) is 15.5. The van der Waals surface area contributed by atoms with Gasteiger partial charge in [-0.2, -0.15) is 0 Å². The normalized spacial score (nSPS) is 12.1. The van der Waals surface area contributed by atoms with Crippen LogP contribution in [-0.4, -0.2) is 12.4 Å². The van der Waals surface area contributed by atoms with Crippen molar-refractivity contribution in [3.05, 3.63) is 30.3 Å². The van der Waals surface area contributed by atoms with Crippen LogP contribution in [0.3, 0.4) is 0 Å². The van der Waals surface area contributed by atoms with Crippen LogP contribution in [0.25, 0.3) is 0 Å². The van der Waals surface area contributed by atoms with Crippen molar-refractivity contribution in [2.75, 3.05) is 5.48 Å². The van der Waals surface area contributed by atoms with E-state index in [1.807, 2.05) is 37.3 Å². The third-order valence-electron chi connectivity index (χ3n) is 1.66. The first kappa shape index (κ1) is 9.74. The molecule has 0 saturated heterocycles. The summed E-state index contributed by atoms with van der Waals surface area (Å²) in [7, 11) is 0. The van der Waals surface area contributed by atoms with Gasteiger partial charge in [0.2, 0.25) is 0 Å². The van der Waals surface area contributed by atoms with Crippen molar-refractivity contribution in [3.63, 3.8) is 0 Å². The van der Waals surface area contributed by atoms with Crippen molar-refractivity contribution < 1.29 is 9.63 Å². The van der Waals surface area contributed by atoms with Crippen LogP contribution in [0.4, 0.5) is 5.69 Å². The van der Waals surface area contributed by atoms with Crippen LogP contribution < -0.4 is 5.48 Å². The molecular weight excluding hydrogens is 166 g/mol. The zero-order chi connectivity index (χ0) is 9.52. The van der Waals surface area contributed by atoms with Crippen molar-refractivity contribution >= 4 is 12.0 Å². The largest absolute Gasteiger partial charge is 0.300 e. The molecule has 13 heavy (non-hydrogen) atoms. The second-order valence-corrected chi connectivity index (χ2v) is 2.67. The first-order chi connectivity index (χ1) is 6.36. The lowest BCUT2D eigenvalue weighted by Gasteiger charge is -2.10. The van der Waals surface area contributed by atoms with Gasteiger partial charge in [0.1, 0.15) is 6.10 Å². The van der Waals surface area contributed by atoms with Crippen LogP contribution in [0, 0.1) is 0 Å². The monoisotopic (exact) mass is 179 g/mol. The van der Waals surface area contributed by atoms with Crippen LogP contribution in [-0.2, 0) is 9.63 Å². The molecule has 3 nitrogen and oxygen atoms in total. The van der Waals surface area contributed by atoms with Gasteiger partial charge in [-0.3, -0.25) is 10.3 Å². The fourth-order valence-electron chi connectivity index (χ4n) is 0.857. The number of hydrogen-bond donors (Lipinski definition) is 1. The number of rotatable bonds is 5. The van der Waals surface area contributed by atoms with Crippen molar-refractivity contribution in [3.8, 4) is 0 Å². The minimum absolute atomic E-state index is 0.375. The summed E-state index contributed by atoms with van der Waals surface area (Å²) in [6.45, 7) is 1.89. The van der Waals surface area contributed by atoms with Crippen LogP contribution in [0.2, 0.25) is 0 Å². The van der Waals surface area contributed by atoms with E-state index >= 15 is 0 Å². The molecule has 0 amide bonds. The molecule has 3 heteroatoms. The molecule has 1 N–H and O–H groups in total. The fraction of sp³-hybridized carbons (Fsp3) is 0.300. The Morgan fingerprint density at radius 3 is 2.69 bits per heavy atom. The summed E-state index contributed by atoms with van der Waals surface area (Å²) in [5.41, 5.74) is 3.57. The van der Waals surface area contributed by atoms with Gasteiger partial charge in [0.25, 0.3) is 0 Å². The Labute approximate surface area is 77.7 Å². The maximum Gasteiger partial charge on any atom is 0.151 e. The molecule has 0 aromatic heterocycles. The molecule has 1 aromatic rings. The minimum atomic E-state index is -0.375. The number of para-hydroxylation sites is 1. The van der Waals surface area contributed by atoms with Crippen molar-refractivity contribution in [2.45, 2.75) is 19.4 Å². The Hall–Kier alpha value is -1.35. The van der Waals surface area contributed by atoms with Gasteiger partial charge in [0.15, 0.2) is 6.29 Å². The van der Waals surface area contributed by atoms with Gasteiger partial charge in [-0.1, -0.05) is 25.1 Å². The molecular formula is C10H13NO2. The molecule has 0 heterocycles. The smallest absolute Gasteiger partial charge is 0.151 e. The second-order valence-electron chi connectivity index (χ2n) is 2.67. The average molecular weight is 179 g/mol. The molecule has 1 aromatic carbocycles. The van der Waals surface area contributed by atoms with E-state index in [0.717, 1.165) is 12.0 Å². The highest BCUT2D eigenvalue weighted by molar-refractivity contribution is 5.56. The van der Waals surface area contributed by atoms with E-state index in [2.05, 4.69) is 5.48 Å². The summed E-state index contributed by atoms with van der Waals surface area (Å²) in [6.07, 6.45) is 1.08. The second kappa shape index (κ2) is 5.32. The molecule has 0 unspecified atom stereocenters. The van der Waals surface area contributed by atoms with Gasteiger partial charge in [-0.15, -0.1) is 0 Å². The summed E-state index contributed by atoms with van der Waals surface area (Å²) >= 11 is 0.